The summed E-state index contributed by atoms with van der Waals surface area (Å²) in [6.45, 7) is 12.4. The largest absolute Gasteiger partial charge is 0.380 e. The van der Waals surface area contributed by atoms with Gasteiger partial charge in [-0.2, -0.15) is 0 Å². The van der Waals surface area contributed by atoms with Crippen LogP contribution in [0.4, 0.5) is 0 Å². The van der Waals surface area contributed by atoms with Crippen molar-refractivity contribution in [2.45, 2.75) is 52.0 Å². The molecule has 0 aliphatic heterocycles. The van der Waals surface area contributed by atoms with Gasteiger partial charge in [0, 0.05) is 38.4 Å². The Bertz CT molecular complexity index is 241. The lowest BCUT2D eigenvalue weighted by molar-refractivity contribution is 0.0634. The molecule has 0 bridgehead atoms. The molecule has 2 N–H and O–H groups in total. The van der Waals surface area contributed by atoms with Gasteiger partial charge in [-0.1, -0.05) is 19.8 Å². The van der Waals surface area contributed by atoms with E-state index in [1.165, 1.54) is 12.8 Å². The molecule has 0 spiro atoms. The van der Waals surface area contributed by atoms with Gasteiger partial charge in [0.15, 0.2) is 0 Å². The summed E-state index contributed by atoms with van der Waals surface area (Å²) in [5.41, 5.74) is 6.62. The SMILES string of the molecule is CCOCCN(CCOCC)CC1(N)CCCC(C)C1. The molecular formula is C16H34N2O2. The molecule has 4 nitrogen and oxygen atoms in total. The third kappa shape index (κ3) is 7.02. The summed E-state index contributed by atoms with van der Waals surface area (Å²) in [5, 5.41) is 0. The van der Waals surface area contributed by atoms with Gasteiger partial charge in [0.1, 0.15) is 0 Å². The maximum Gasteiger partial charge on any atom is 0.0593 e. The molecule has 2 unspecified atom stereocenters. The van der Waals surface area contributed by atoms with E-state index in [2.05, 4.69) is 11.8 Å². The highest BCUT2D eigenvalue weighted by atomic mass is 16.5. The molecule has 0 aromatic rings. The normalized spacial score (nSPS) is 27.1. The fourth-order valence-electron chi connectivity index (χ4n) is 3.24. The summed E-state index contributed by atoms with van der Waals surface area (Å²) in [4.78, 5) is 2.42. The topological polar surface area (TPSA) is 47.7 Å². The van der Waals surface area contributed by atoms with E-state index in [0.717, 1.165) is 64.8 Å². The van der Waals surface area contributed by atoms with Crippen molar-refractivity contribution in [2.24, 2.45) is 11.7 Å². The molecule has 120 valence electrons. The zero-order valence-electron chi connectivity index (χ0n) is 13.7. The Morgan fingerprint density at radius 3 is 2.25 bits per heavy atom. The lowest BCUT2D eigenvalue weighted by Crippen LogP contribution is -2.53. The lowest BCUT2D eigenvalue weighted by Gasteiger charge is -2.40. The predicted octanol–water partition coefficient (Wildman–Crippen LogP) is 2.27. The molecule has 0 saturated heterocycles. The molecule has 1 aliphatic rings. The van der Waals surface area contributed by atoms with Crippen LogP contribution in [-0.2, 0) is 9.47 Å². The van der Waals surface area contributed by atoms with Gasteiger partial charge < -0.3 is 15.2 Å². The van der Waals surface area contributed by atoms with Crippen molar-refractivity contribution in [3.63, 3.8) is 0 Å². The molecule has 0 heterocycles. The standard InChI is InChI=1S/C16H34N2O2/c1-4-19-11-9-18(10-12-20-5-2)14-16(17)8-6-7-15(3)13-16/h15H,4-14,17H2,1-3H3. The summed E-state index contributed by atoms with van der Waals surface area (Å²) in [5.74, 6) is 0.759. The van der Waals surface area contributed by atoms with Crippen LogP contribution in [0.2, 0.25) is 0 Å². The van der Waals surface area contributed by atoms with Crippen LogP contribution in [0.3, 0.4) is 0 Å². The van der Waals surface area contributed by atoms with Gasteiger partial charge in [0.25, 0.3) is 0 Å². The van der Waals surface area contributed by atoms with Crippen LogP contribution >= 0.6 is 0 Å². The second-order valence-electron chi connectivity index (χ2n) is 6.23. The van der Waals surface area contributed by atoms with Crippen LogP contribution in [0.1, 0.15) is 46.5 Å². The second-order valence-corrected chi connectivity index (χ2v) is 6.23. The first-order valence-corrected chi connectivity index (χ1v) is 8.26. The molecule has 0 aromatic heterocycles. The van der Waals surface area contributed by atoms with Crippen molar-refractivity contribution in [1.29, 1.82) is 0 Å². The van der Waals surface area contributed by atoms with E-state index in [1.807, 2.05) is 13.8 Å². The first-order chi connectivity index (χ1) is 9.59. The number of rotatable bonds is 10. The number of hydrogen-bond acceptors (Lipinski definition) is 4. The highest BCUT2D eigenvalue weighted by molar-refractivity contribution is 4.92. The van der Waals surface area contributed by atoms with Crippen molar-refractivity contribution in [3.8, 4) is 0 Å². The maximum atomic E-state index is 6.64. The third-order valence-electron chi connectivity index (χ3n) is 4.18. The van der Waals surface area contributed by atoms with Gasteiger partial charge in [-0.15, -0.1) is 0 Å². The third-order valence-corrected chi connectivity index (χ3v) is 4.18. The molecule has 20 heavy (non-hydrogen) atoms. The van der Waals surface area contributed by atoms with E-state index in [1.54, 1.807) is 0 Å². The molecular weight excluding hydrogens is 252 g/mol. The number of ether oxygens (including phenoxy) is 2. The Balaban J connectivity index is 2.43. The molecule has 2 atom stereocenters. The van der Waals surface area contributed by atoms with Crippen molar-refractivity contribution in [3.05, 3.63) is 0 Å². The minimum absolute atomic E-state index is 0.0178. The van der Waals surface area contributed by atoms with Gasteiger partial charge in [-0.25, -0.2) is 0 Å². The van der Waals surface area contributed by atoms with Crippen LogP contribution < -0.4 is 5.73 Å². The minimum atomic E-state index is -0.0178. The van der Waals surface area contributed by atoms with Crippen molar-refractivity contribution in [2.75, 3.05) is 46.1 Å². The predicted molar refractivity (Wildman–Crippen MR) is 84.0 cm³/mol. The van der Waals surface area contributed by atoms with Crippen LogP contribution in [0, 0.1) is 5.92 Å². The van der Waals surface area contributed by atoms with E-state index in [-0.39, 0.29) is 5.54 Å². The Labute approximate surface area is 125 Å². The summed E-state index contributed by atoms with van der Waals surface area (Å²) >= 11 is 0. The molecule has 1 fully saturated rings. The molecule has 1 saturated carbocycles. The zero-order valence-corrected chi connectivity index (χ0v) is 13.7. The Morgan fingerprint density at radius 2 is 1.75 bits per heavy atom. The van der Waals surface area contributed by atoms with E-state index in [4.69, 9.17) is 15.2 Å². The van der Waals surface area contributed by atoms with Crippen LogP contribution in [0.5, 0.6) is 0 Å². The summed E-state index contributed by atoms with van der Waals surface area (Å²) in [6.07, 6.45) is 4.89. The minimum Gasteiger partial charge on any atom is -0.380 e. The monoisotopic (exact) mass is 286 g/mol. The summed E-state index contributed by atoms with van der Waals surface area (Å²) in [6, 6.07) is 0. The highest BCUT2D eigenvalue weighted by Crippen LogP contribution is 2.30. The molecule has 1 rings (SSSR count). The van der Waals surface area contributed by atoms with Crippen LogP contribution in [0.15, 0.2) is 0 Å². The highest BCUT2D eigenvalue weighted by Gasteiger charge is 2.32. The fraction of sp³-hybridized carbons (Fsp3) is 1.00. The first kappa shape index (κ1) is 17.9. The van der Waals surface area contributed by atoms with E-state index >= 15 is 0 Å². The van der Waals surface area contributed by atoms with Crippen LogP contribution in [-0.4, -0.2) is 56.5 Å². The number of hydrogen-bond donors (Lipinski definition) is 1. The lowest BCUT2D eigenvalue weighted by atomic mass is 9.77. The van der Waals surface area contributed by atoms with Gasteiger partial charge in [0.2, 0.25) is 0 Å². The van der Waals surface area contributed by atoms with E-state index in [9.17, 15) is 0 Å². The quantitative estimate of drug-likeness (QED) is 0.626. The molecule has 0 amide bonds. The second kappa shape index (κ2) is 9.72. The van der Waals surface area contributed by atoms with Crippen LogP contribution in [0.25, 0.3) is 0 Å². The van der Waals surface area contributed by atoms with Gasteiger partial charge in [-0.05, 0) is 32.6 Å². The average Bonchev–Trinajstić information content (AvgIpc) is 2.38. The smallest absolute Gasteiger partial charge is 0.0593 e. The Kier molecular flexibility index (Phi) is 8.69. The van der Waals surface area contributed by atoms with E-state index < -0.39 is 0 Å². The fourth-order valence-corrected chi connectivity index (χ4v) is 3.24. The summed E-state index contributed by atoms with van der Waals surface area (Å²) < 4.78 is 11.0. The van der Waals surface area contributed by atoms with Gasteiger partial charge >= 0.3 is 0 Å². The number of nitrogens with two attached hydrogens (primary N) is 1. The number of nitrogens with zero attached hydrogens (tertiary/aromatic N) is 1. The maximum absolute atomic E-state index is 6.64. The summed E-state index contributed by atoms with van der Waals surface area (Å²) in [7, 11) is 0. The van der Waals surface area contributed by atoms with E-state index in [0.29, 0.717) is 0 Å². The first-order valence-electron chi connectivity index (χ1n) is 8.26. The Hall–Kier alpha value is -0.160. The van der Waals surface area contributed by atoms with Gasteiger partial charge in [0.05, 0.1) is 13.2 Å². The van der Waals surface area contributed by atoms with Gasteiger partial charge in [-0.3, -0.25) is 4.90 Å². The average molecular weight is 286 g/mol. The Morgan fingerprint density at radius 1 is 1.15 bits per heavy atom. The molecule has 1 aliphatic carbocycles. The molecule has 0 aromatic carbocycles. The van der Waals surface area contributed by atoms with Crippen molar-refractivity contribution < 1.29 is 9.47 Å². The van der Waals surface area contributed by atoms with Crippen molar-refractivity contribution >= 4 is 0 Å². The molecule has 4 heteroatoms. The zero-order chi connectivity index (χ0) is 14.8. The van der Waals surface area contributed by atoms with Crippen molar-refractivity contribution in [1.82, 2.24) is 4.90 Å². The molecule has 0 radical (unpaired) electrons.